The van der Waals surface area contributed by atoms with E-state index in [9.17, 15) is 4.79 Å². The lowest BCUT2D eigenvalue weighted by Crippen LogP contribution is -2.05. The van der Waals surface area contributed by atoms with Gasteiger partial charge in [-0.15, -0.1) is 0 Å². The largest absolute Gasteiger partial charge is 0.461 e. The number of aromatic nitrogens is 1. The second-order valence-corrected chi connectivity index (χ2v) is 3.77. The first-order valence-electron chi connectivity index (χ1n) is 5.43. The van der Waals surface area contributed by atoms with Crippen LogP contribution in [-0.4, -0.2) is 17.6 Å². The van der Waals surface area contributed by atoms with E-state index in [0.717, 1.165) is 12.8 Å². The summed E-state index contributed by atoms with van der Waals surface area (Å²) in [5.74, 6) is 0.689. The highest BCUT2D eigenvalue weighted by molar-refractivity contribution is 5.86. The van der Waals surface area contributed by atoms with Crippen molar-refractivity contribution in [2.24, 2.45) is 0 Å². The minimum absolute atomic E-state index is 0.291. The lowest BCUT2D eigenvalue weighted by Gasteiger charge is -2.00. The molecule has 0 saturated heterocycles. The standard InChI is InChI=1S/C11H15NO3/c1-2-14-11(13)9-7-15-10(12-9)8-5-3-4-6-8/h7-8H,2-6H2,1H3. The average molecular weight is 209 g/mol. The fourth-order valence-corrected chi connectivity index (χ4v) is 1.95. The predicted molar refractivity (Wildman–Crippen MR) is 53.7 cm³/mol. The van der Waals surface area contributed by atoms with Gasteiger partial charge in [-0.05, 0) is 19.8 Å². The summed E-state index contributed by atoms with van der Waals surface area (Å²) < 4.78 is 10.1. The molecule has 1 aromatic heterocycles. The third kappa shape index (κ3) is 2.19. The third-order valence-corrected chi connectivity index (χ3v) is 2.71. The van der Waals surface area contributed by atoms with Gasteiger partial charge in [0, 0.05) is 5.92 Å². The highest BCUT2D eigenvalue weighted by Gasteiger charge is 2.23. The number of nitrogens with zero attached hydrogens (tertiary/aromatic N) is 1. The Kier molecular flexibility index (Phi) is 3.04. The molecule has 0 aromatic carbocycles. The van der Waals surface area contributed by atoms with E-state index in [1.54, 1.807) is 6.92 Å². The second kappa shape index (κ2) is 4.47. The number of ether oxygens (including phenoxy) is 1. The maximum absolute atomic E-state index is 11.3. The van der Waals surface area contributed by atoms with Crippen LogP contribution in [-0.2, 0) is 4.74 Å². The fraction of sp³-hybridized carbons (Fsp3) is 0.636. The first-order valence-corrected chi connectivity index (χ1v) is 5.43. The van der Waals surface area contributed by atoms with Crippen molar-refractivity contribution in [3.05, 3.63) is 17.8 Å². The second-order valence-electron chi connectivity index (χ2n) is 3.77. The van der Waals surface area contributed by atoms with Crippen molar-refractivity contribution >= 4 is 5.97 Å². The molecule has 0 N–H and O–H groups in total. The Morgan fingerprint density at radius 2 is 2.33 bits per heavy atom. The molecular formula is C11H15NO3. The van der Waals surface area contributed by atoms with Crippen molar-refractivity contribution < 1.29 is 13.9 Å². The van der Waals surface area contributed by atoms with E-state index in [-0.39, 0.29) is 0 Å². The summed E-state index contributed by atoms with van der Waals surface area (Å²) in [4.78, 5) is 15.5. The molecule has 0 atom stereocenters. The van der Waals surface area contributed by atoms with Crippen LogP contribution in [0.1, 0.15) is 54.9 Å². The van der Waals surface area contributed by atoms with E-state index in [1.807, 2.05) is 0 Å². The van der Waals surface area contributed by atoms with Crippen LogP contribution in [0.3, 0.4) is 0 Å². The summed E-state index contributed by atoms with van der Waals surface area (Å²) in [5, 5.41) is 0. The molecule has 4 heteroatoms. The van der Waals surface area contributed by atoms with Gasteiger partial charge >= 0.3 is 5.97 Å². The molecule has 0 spiro atoms. The van der Waals surface area contributed by atoms with Gasteiger partial charge in [-0.25, -0.2) is 9.78 Å². The summed E-state index contributed by atoms with van der Waals surface area (Å²) in [6, 6.07) is 0. The molecule has 4 nitrogen and oxygen atoms in total. The Bertz CT molecular complexity index is 339. The Balaban J connectivity index is 2.06. The zero-order valence-electron chi connectivity index (χ0n) is 8.86. The maximum Gasteiger partial charge on any atom is 0.360 e. The van der Waals surface area contributed by atoms with Crippen molar-refractivity contribution in [1.29, 1.82) is 0 Å². The number of hydrogen-bond acceptors (Lipinski definition) is 4. The number of hydrogen-bond donors (Lipinski definition) is 0. The van der Waals surface area contributed by atoms with Crippen LogP contribution in [0.4, 0.5) is 0 Å². The molecule has 1 aliphatic carbocycles. The number of oxazole rings is 1. The van der Waals surface area contributed by atoms with E-state index in [4.69, 9.17) is 9.15 Å². The van der Waals surface area contributed by atoms with Gasteiger partial charge in [-0.2, -0.15) is 0 Å². The van der Waals surface area contributed by atoms with Crippen LogP contribution in [0.15, 0.2) is 10.7 Å². The average Bonchev–Trinajstić information content (AvgIpc) is 2.89. The van der Waals surface area contributed by atoms with Crippen molar-refractivity contribution in [3.63, 3.8) is 0 Å². The van der Waals surface area contributed by atoms with Crippen molar-refractivity contribution in [2.45, 2.75) is 38.5 Å². The molecule has 1 aliphatic rings. The first-order chi connectivity index (χ1) is 7.31. The van der Waals surface area contributed by atoms with Gasteiger partial charge in [0.25, 0.3) is 0 Å². The molecule has 0 radical (unpaired) electrons. The molecule has 1 heterocycles. The van der Waals surface area contributed by atoms with E-state index in [2.05, 4.69) is 4.98 Å². The lowest BCUT2D eigenvalue weighted by molar-refractivity contribution is 0.0519. The van der Waals surface area contributed by atoms with Gasteiger partial charge in [-0.1, -0.05) is 12.8 Å². The van der Waals surface area contributed by atoms with Crippen molar-refractivity contribution in [2.75, 3.05) is 6.61 Å². The number of carbonyl (C=O) groups is 1. The summed E-state index contributed by atoms with van der Waals surface area (Å²) in [6.07, 6.45) is 6.07. The number of carbonyl (C=O) groups excluding carboxylic acids is 1. The summed E-state index contributed by atoms with van der Waals surface area (Å²) >= 11 is 0. The number of rotatable bonds is 3. The normalized spacial score (nSPS) is 16.9. The highest BCUT2D eigenvalue weighted by atomic mass is 16.5. The van der Waals surface area contributed by atoms with Crippen molar-refractivity contribution in [3.8, 4) is 0 Å². The van der Waals surface area contributed by atoms with E-state index in [1.165, 1.54) is 19.1 Å². The van der Waals surface area contributed by atoms with Crippen LogP contribution in [0.2, 0.25) is 0 Å². The molecule has 1 saturated carbocycles. The Morgan fingerprint density at radius 1 is 1.60 bits per heavy atom. The van der Waals surface area contributed by atoms with Gasteiger partial charge in [0.1, 0.15) is 6.26 Å². The Hall–Kier alpha value is -1.32. The minimum Gasteiger partial charge on any atom is -0.461 e. The van der Waals surface area contributed by atoms with Crippen LogP contribution in [0.25, 0.3) is 0 Å². The smallest absolute Gasteiger partial charge is 0.360 e. The molecule has 0 amide bonds. The van der Waals surface area contributed by atoms with Gasteiger partial charge in [0.2, 0.25) is 0 Å². The SMILES string of the molecule is CCOC(=O)c1coc(C2CCCC2)n1. The van der Waals surface area contributed by atoms with E-state index in [0.29, 0.717) is 24.1 Å². The van der Waals surface area contributed by atoms with E-state index >= 15 is 0 Å². The zero-order chi connectivity index (χ0) is 10.7. The van der Waals surface area contributed by atoms with Crippen molar-refractivity contribution in [1.82, 2.24) is 4.98 Å². The van der Waals surface area contributed by atoms with Gasteiger partial charge in [-0.3, -0.25) is 0 Å². The maximum atomic E-state index is 11.3. The summed E-state index contributed by atoms with van der Waals surface area (Å²) in [7, 11) is 0. The third-order valence-electron chi connectivity index (χ3n) is 2.71. The lowest BCUT2D eigenvalue weighted by atomic mass is 10.1. The number of esters is 1. The molecule has 1 aromatic rings. The van der Waals surface area contributed by atoms with Crippen LogP contribution >= 0.6 is 0 Å². The fourth-order valence-electron chi connectivity index (χ4n) is 1.95. The zero-order valence-corrected chi connectivity index (χ0v) is 8.86. The molecule has 0 bridgehead atoms. The highest BCUT2D eigenvalue weighted by Crippen LogP contribution is 2.33. The van der Waals surface area contributed by atoms with Gasteiger partial charge in [0.15, 0.2) is 11.6 Å². The molecule has 1 fully saturated rings. The van der Waals surface area contributed by atoms with Crippen LogP contribution < -0.4 is 0 Å². The van der Waals surface area contributed by atoms with E-state index < -0.39 is 5.97 Å². The monoisotopic (exact) mass is 209 g/mol. The Morgan fingerprint density at radius 3 is 3.00 bits per heavy atom. The molecule has 15 heavy (non-hydrogen) atoms. The molecule has 0 unspecified atom stereocenters. The first kappa shape index (κ1) is 10.2. The quantitative estimate of drug-likeness (QED) is 0.718. The predicted octanol–water partition coefficient (Wildman–Crippen LogP) is 2.51. The van der Waals surface area contributed by atoms with Gasteiger partial charge < -0.3 is 9.15 Å². The molecular weight excluding hydrogens is 194 g/mol. The van der Waals surface area contributed by atoms with Gasteiger partial charge in [0.05, 0.1) is 6.61 Å². The minimum atomic E-state index is -0.398. The van der Waals surface area contributed by atoms with Crippen LogP contribution in [0.5, 0.6) is 0 Å². The molecule has 2 rings (SSSR count). The Labute approximate surface area is 88.6 Å². The van der Waals surface area contributed by atoms with Crippen LogP contribution in [0, 0.1) is 0 Å². The topological polar surface area (TPSA) is 52.3 Å². The molecule has 82 valence electrons. The summed E-state index contributed by atoms with van der Waals surface area (Å²) in [6.45, 7) is 2.14. The summed E-state index contributed by atoms with van der Waals surface area (Å²) in [5.41, 5.74) is 0.291. The molecule has 0 aliphatic heterocycles.